The molecule has 98 valence electrons. The highest BCUT2D eigenvalue weighted by Gasteiger charge is 2.28. The van der Waals surface area contributed by atoms with Crippen LogP contribution in [0.4, 0.5) is 0 Å². The zero-order valence-electron chi connectivity index (χ0n) is 11.1. The fraction of sp³-hybridized carbons (Fsp3) is 0.533. The molecule has 1 aliphatic rings. The monoisotopic (exact) mass is 247 g/mol. The van der Waals surface area contributed by atoms with E-state index in [1.807, 2.05) is 12.1 Å². The number of hydrogen-bond donors (Lipinski definition) is 1. The largest absolute Gasteiger partial charge is 0.478 e. The maximum absolute atomic E-state index is 10.8. The minimum atomic E-state index is -0.859. The number of carboxylic acid groups (broad SMARTS) is 1. The van der Waals surface area contributed by atoms with Crippen LogP contribution in [0.2, 0.25) is 0 Å². The Kier molecular flexibility index (Phi) is 4.02. The van der Waals surface area contributed by atoms with E-state index in [0.717, 1.165) is 6.54 Å². The third-order valence-electron chi connectivity index (χ3n) is 3.99. The average molecular weight is 247 g/mol. The van der Waals surface area contributed by atoms with Crippen molar-refractivity contribution >= 4 is 5.97 Å². The quantitative estimate of drug-likeness (QED) is 0.888. The normalized spacial score (nSPS) is 24.3. The van der Waals surface area contributed by atoms with Gasteiger partial charge >= 0.3 is 5.97 Å². The van der Waals surface area contributed by atoms with Gasteiger partial charge in [-0.2, -0.15) is 0 Å². The van der Waals surface area contributed by atoms with Crippen LogP contribution in [0.15, 0.2) is 24.3 Å². The van der Waals surface area contributed by atoms with Gasteiger partial charge in [0.05, 0.1) is 5.56 Å². The molecule has 0 aliphatic carbocycles. The summed E-state index contributed by atoms with van der Waals surface area (Å²) in [4.78, 5) is 13.3. The van der Waals surface area contributed by atoms with E-state index < -0.39 is 5.97 Å². The van der Waals surface area contributed by atoms with E-state index >= 15 is 0 Å². The lowest BCUT2D eigenvalue weighted by atomic mass is 10.1. The van der Waals surface area contributed by atoms with Gasteiger partial charge < -0.3 is 5.11 Å². The third-order valence-corrected chi connectivity index (χ3v) is 3.99. The van der Waals surface area contributed by atoms with Crippen molar-refractivity contribution in [3.8, 4) is 0 Å². The highest BCUT2D eigenvalue weighted by Crippen LogP contribution is 2.27. The molecule has 2 unspecified atom stereocenters. The molecule has 0 aromatic heterocycles. The summed E-state index contributed by atoms with van der Waals surface area (Å²) >= 11 is 0. The first kappa shape index (κ1) is 13.1. The zero-order valence-corrected chi connectivity index (χ0v) is 11.1. The van der Waals surface area contributed by atoms with E-state index in [-0.39, 0.29) is 0 Å². The van der Waals surface area contributed by atoms with Crippen molar-refractivity contribution in [1.29, 1.82) is 0 Å². The molecule has 1 heterocycles. The number of carbonyl (C=O) groups is 1. The average Bonchev–Trinajstić information content (AvgIpc) is 2.71. The Morgan fingerprint density at radius 2 is 2.00 bits per heavy atom. The summed E-state index contributed by atoms with van der Waals surface area (Å²) in [7, 11) is 0. The van der Waals surface area contributed by atoms with Crippen LogP contribution in [0, 0.1) is 0 Å². The van der Waals surface area contributed by atoms with E-state index in [0.29, 0.717) is 17.6 Å². The van der Waals surface area contributed by atoms with Crippen molar-refractivity contribution in [3.63, 3.8) is 0 Å². The Labute approximate surface area is 108 Å². The van der Waals surface area contributed by atoms with Gasteiger partial charge in [0.1, 0.15) is 0 Å². The summed E-state index contributed by atoms with van der Waals surface area (Å²) in [6.07, 6.45) is 3.74. The SMILES string of the molecule is CCC1CCC(C)N1Cc1ccc(C(=O)O)cc1. The molecule has 1 N–H and O–H groups in total. The smallest absolute Gasteiger partial charge is 0.335 e. The first-order valence-electron chi connectivity index (χ1n) is 6.69. The topological polar surface area (TPSA) is 40.5 Å². The second-order valence-electron chi connectivity index (χ2n) is 5.16. The van der Waals surface area contributed by atoms with Gasteiger partial charge in [-0.05, 0) is 43.9 Å². The van der Waals surface area contributed by atoms with Crippen molar-refractivity contribution in [2.24, 2.45) is 0 Å². The van der Waals surface area contributed by atoms with E-state index in [2.05, 4.69) is 18.7 Å². The molecule has 1 fully saturated rings. The minimum absolute atomic E-state index is 0.361. The maximum atomic E-state index is 10.8. The molecule has 0 amide bonds. The van der Waals surface area contributed by atoms with Crippen LogP contribution in [0.1, 0.15) is 49.0 Å². The molecule has 0 radical (unpaired) electrons. The van der Waals surface area contributed by atoms with Crippen molar-refractivity contribution < 1.29 is 9.90 Å². The summed E-state index contributed by atoms with van der Waals surface area (Å²) in [6, 6.07) is 8.56. The first-order chi connectivity index (χ1) is 8.61. The van der Waals surface area contributed by atoms with Crippen LogP contribution >= 0.6 is 0 Å². The zero-order chi connectivity index (χ0) is 13.1. The van der Waals surface area contributed by atoms with Gasteiger partial charge in [0.15, 0.2) is 0 Å². The molecule has 0 saturated carbocycles. The lowest BCUT2D eigenvalue weighted by Crippen LogP contribution is -2.33. The van der Waals surface area contributed by atoms with Gasteiger partial charge in [-0.15, -0.1) is 0 Å². The van der Waals surface area contributed by atoms with E-state index in [4.69, 9.17) is 5.11 Å². The van der Waals surface area contributed by atoms with Crippen molar-refractivity contribution in [2.75, 3.05) is 0 Å². The van der Waals surface area contributed by atoms with Gasteiger partial charge in [-0.3, -0.25) is 4.90 Å². The number of nitrogens with zero attached hydrogens (tertiary/aromatic N) is 1. The number of carboxylic acids is 1. The molecule has 18 heavy (non-hydrogen) atoms. The van der Waals surface area contributed by atoms with Crippen LogP contribution in [0.5, 0.6) is 0 Å². The molecule has 0 spiro atoms. The van der Waals surface area contributed by atoms with Gasteiger partial charge in [0.2, 0.25) is 0 Å². The van der Waals surface area contributed by atoms with Crippen molar-refractivity contribution in [3.05, 3.63) is 35.4 Å². The molecular weight excluding hydrogens is 226 g/mol. The van der Waals surface area contributed by atoms with E-state index in [1.165, 1.54) is 24.8 Å². The second-order valence-corrected chi connectivity index (χ2v) is 5.16. The number of likely N-dealkylation sites (tertiary alicyclic amines) is 1. The summed E-state index contributed by atoms with van der Waals surface area (Å²) in [6.45, 7) is 5.45. The maximum Gasteiger partial charge on any atom is 0.335 e. The van der Waals surface area contributed by atoms with Crippen LogP contribution in [0.3, 0.4) is 0 Å². The lowest BCUT2D eigenvalue weighted by Gasteiger charge is -2.27. The van der Waals surface area contributed by atoms with Gasteiger partial charge in [0, 0.05) is 18.6 Å². The molecule has 3 nitrogen and oxygen atoms in total. The van der Waals surface area contributed by atoms with E-state index in [9.17, 15) is 4.79 Å². The molecule has 1 aromatic rings. The molecule has 2 atom stereocenters. The molecule has 1 aliphatic heterocycles. The molecule has 2 rings (SSSR count). The fourth-order valence-electron chi connectivity index (χ4n) is 2.81. The Hall–Kier alpha value is -1.35. The Morgan fingerprint density at radius 1 is 1.33 bits per heavy atom. The summed E-state index contributed by atoms with van der Waals surface area (Å²) < 4.78 is 0. The van der Waals surface area contributed by atoms with Crippen molar-refractivity contribution in [2.45, 2.75) is 51.7 Å². The number of hydrogen-bond acceptors (Lipinski definition) is 2. The predicted molar refractivity (Wildman–Crippen MR) is 71.7 cm³/mol. The highest BCUT2D eigenvalue weighted by molar-refractivity contribution is 5.87. The highest BCUT2D eigenvalue weighted by atomic mass is 16.4. The summed E-state index contributed by atoms with van der Waals surface area (Å²) in [5, 5.41) is 8.87. The Balaban J connectivity index is 2.06. The number of benzene rings is 1. The van der Waals surface area contributed by atoms with E-state index in [1.54, 1.807) is 12.1 Å². The molecular formula is C15H21NO2. The predicted octanol–water partition coefficient (Wildman–Crippen LogP) is 3.15. The minimum Gasteiger partial charge on any atom is -0.478 e. The van der Waals surface area contributed by atoms with Crippen LogP contribution in [-0.2, 0) is 6.54 Å². The Morgan fingerprint density at radius 3 is 2.56 bits per heavy atom. The number of rotatable bonds is 4. The lowest BCUT2D eigenvalue weighted by molar-refractivity contribution is 0.0697. The molecule has 0 bridgehead atoms. The molecule has 3 heteroatoms. The van der Waals surface area contributed by atoms with Crippen LogP contribution < -0.4 is 0 Å². The van der Waals surface area contributed by atoms with Crippen LogP contribution in [0.25, 0.3) is 0 Å². The fourth-order valence-corrected chi connectivity index (χ4v) is 2.81. The Bertz CT molecular complexity index is 413. The first-order valence-corrected chi connectivity index (χ1v) is 6.69. The molecule has 1 aromatic carbocycles. The van der Waals surface area contributed by atoms with Gasteiger partial charge in [-0.25, -0.2) is 4.79 Å². The number of aromatic carboxylic acids is 1. The summed E-state index contributed by atoms with van der Waals surface area (Å²) in [5.41, 5.74) is 1.56. The standard InChI is InChI=1S/C15H21NO2/c1-3-14-9-4-11(2)16(14)10-12-5-7-13(8-6-12)15(17)18/h5-8,11,14H,3-4,9-10H2,1-2H3,(H,17,18). The molecule has 1 saturated heterocycles. The van der Waals surface area contributed by atoms with Gasteiger partial charge in [-0.1, -0.05) is 19.1 Å². The summed E-state index contributed by atoms with van der Waals surface area (Å²) in [5.74, 6) is -0.859. The van der Waals surface area contributed by atoms with Gasteiger partial charge in [0.25, 0.3) is 0 Å². The third kappa shape index (κ3) is 2.72. The van der Waals surface area contributed by atoms with Crippen LogP contribution in [-0.4, -0.2) is 28.1 Å². The second kappa shape index (κ2) is 5.53. The van der Waals surface area contributed by atoms with Crippen molar-refractivity contribution in [1.82, 2.24) is 4.90 Å².